The maximum Gasteiger partial charge on any atom is 0.138 e. The molecule has 40 heavy (non-hydrogen) atoms. The van der Waals surface area contributed by atoms with Crippen molar-refractivity contribution in [1.29, 1.82) is 0 Å². The summed E-state index contributed by atoms with van der Waals surface area (Å²) in [6.45, 7) is 0. The minimum absolute atomic E-state index is 0.900. The van der Waals surface area contributed by atoms with Crippen molar-refractivity contribution in [3.63, 3.8) is 0 Å². The molecule has 0 fully saturated rings. The second-order valence-corrected chi connectivity index (χ2v) is 10.3. The molecule has 9 aromatic rings. The molecule has 4 nitrogen and oxygen atoms in total. The van der Waals surface area contributed by atoms with Gasteiger partial charge in [0, 0.05) is 44.9 Å². The van der Waals surface area contributed by atoms with Crippen molar-refractivity contribution in [2.24, 2.45) is 0 Å². The molecule has 4 heteroatoms. The van der Waals surface area contributed by atoms with Crippen molar-refractivity contribution < 1.29 is 0 Å². The first-order chi connectivity index (χ1) is 19.9. The molecule has 0 amide bonds. The first-order valence-electron chi connectivity index (χ1n) is 13.5. The molecule has 5 aromatic heterocycles. The van der Waals surface area contributed by atoms with E-state index in [2.05, 4.69) is 123 Å². The highest BCUT2D eigenvalue weighted by molar-refractivity contribution is 6.30. The third-order valence-electron chi connectivity index (χ3n) is 8.18. The van der Waals surface area contributed by atoms with Crippen LogP contribution in [0.5, 0.6) is 0 Å². The molecular formula is C36H22N4. The Morgan fingerprint density at radius 1 is 0.475 bits per heavy atom. The van der Waals surface area contributed by atoms with E-state index in [-0.39, 0.29) is 0 Å². The number of benzene rings is 4. The number of aromatic nitrogens is 4. The van der Waals surface area contributed by atoms with Crippen molar-refractivity contribution in [3.05, 3.63) is 134 Å². The van der Waals surface area contributed by atoms with Crippen LogP contribution in [0.25, 0.3) is 77.0 Å². The van der Waals surface area contributed by atoms with Crippen molar-refractivity contribution in [2.45, 2.75) is 0 Å². The van der Waals surface area contributed by atoms with Gasteiger partial charge in [0.2, 0.25) is 0 Å². The molecule has 0 bridgehead atoms. The van der Waals surface area contributed by atoms with Gasteiger partial charge in [-0.25, -0.2) is 4.98 Å². The standard InChI is InChI=1S/C36H22N4/c1-4-12-29-24(8-1)22-33-35-26(25-9-2-5-13-30(25)39(29)33)16-17-32-36(35)27-10-3-6-14-31(27)40(32)34-15-7-11-28(38-34)23-18-20-37-21-19-23/h1-22H. The number of nitrogens with zero attached hydrogens (tertiary/aromatic N) is 4. The Morgan fingerprint density at radius 2 is 1.20 bits per heavy atom. The van der Waals surface area contributed by atoms with Gasteiger partial charge in [-0.2, -0.15) is 0 Å². The van der Waals surface area contributed by atoms with Crippen molar-refractivity contribution in [1.82, 2.24) is 18.9 Å². The van der Waals surface area contributed by atoms with Gasteiger partial charge in [0.25, 0.3) is 0 Å². The average molecular weight is 511 g/mol. The van der Waals surface area contributed by atoms with Crippen LogP contribution in [0.1, 0.15) is 0 Å². The molecular weight excluding hydrogens is 488 g/mol. The summed E-state index contributed by atoms with van der Waals surface area (Å²) in [5.74, 6) is 0.900. The molecule has 0 atom stereocenters. The SMILES string of the molecule is c1cc(-c2ccncc2)nc(-n2c3ccccc3c3c4c(ccc32)c2ccccc2n2c3ccccc3cc42)c1. The van der Waals surface area contributed by atoms with Crippen LogP contribution in [-0.4, -0.2) is 18.9 Å². The lowest BCUT2D eigenvalue weighted by molar-refractivity contribution is 1.08. The van der Waals surface area contributed by atoms with Crippen LogP contribution in [0.3, 0.4) is 0 Å². The fourth-order valence-electron chi connectivity index (χ4n) is 6.52. The van der Waals surface area contributed by atoms with Gasteiger partial charge in [0.05, 0.1) is 33.3 Å². The van der Waals surface area contributed by atoms with E-state index in [1.165, 1.54) is 48.9 Å². The van der Waals surface area contributed by atoms with E-state index in [0.717, 1.165) is 28.1 Å². The molecule has 0 saturated carbocycles. The number of rotatable bonds is 2. The van der Waals surface area contributed by atoms with Crippen LogP contribution in [0.15, 0.2) is 134 Å². The predicted molar refractivity (Wildman–Crippen MR) is 165 cm³/mol. The van der Waals surface area contributed by atoms with E-state index in [1.54, 1.807) is 0 Å². The topological polar surface area (TPSA) is 35.1 Å². The minimum atomic E-state index is 0.900. The van der Waals surface area contributed by atoms with Crippen molar-refractivity contribution in [2.75, 3.05) is 0 Å². The van der Waals surface area contributed by atoms with Gasteiger partial charge >= 0.3 is 0 Å². The molecule has 0 radical (unpaired) electrons. The third kappa shape index (κ3) is 2.85. The molecule has 186 valence electrons. The summed E-state index contributed by atoms with van der Waals surface area (Å²) in [7, 11) is 0. The van der Waals surface area contributed by atoms with Crippen LogP contribution < -0.4 is 0 Å². The average Bonchev–Trinajstić information content (AvgIpc) is 3.58. The Bertz CT molecular complexity index is 2430. The van der Waals surface area contributed by atoms with Crippen LogP contribution in [-0.2, 0) is 0 Å². The van der Waals surface area contributed by atoms with E-state index in [9.17, 15) is 0 Å². The van der Waals surface area contributed by atoms with Gasteiger partial charge in [-0.1, -0.05) is 66.7 Å². The third-order valence-corrected chi connectivity index (χ3v) is 8.18. The first kappa shape index (κ1) is 21.5. The lowest BCUT2D eigenvalue weighted by Gasteiger charge is -2.12. The number of pyridine rings is 3. The number of para-hydroxylation sites is 3. The van der Waals surface area contributed by atoms with E-state index in [1.807, 2.05) is 24.5 Å². The van der Waals surface area contributed by atoms with E-state index in [0.29, 0.717) is 0 Å². The summed E-state index contributed by atoms with van der Waals surface area (Å²) in [5, 5.41) is 7.51. The highest BCUT2D eigenvalue weighted by Crippen LogP contribution is 2.42. The van der Waals surface area contributed by atoms with E-state index in [4.69, 9.17) is 4.98 Å². The minimum Gasteiger partial charge on any atom is -0.309 e. The highest BCUT2D eigenvalue weighted by Gasteiger charge is 2.20. The molecule has 0 unspecified atom stereocenters. The highest BCUT2D eigenvalue weighted by atomic mass is 15.1. The molecule has 0 N–H and O–H groups in total. The van der Waals surface area contributed by atoms with Gasteiger partial charge in [0.15, 0.2) is 0 Å². The van der Waals surface area contributed by atoms with Crippen LogP contribution in [0.4, 0.5) is 0 Å². The van der Waals surface area contributed by atoms with Crippen molar-refractivity contribution >= 4 is 59.9 Å². The second-order valence-electron chi connectivity index (χ2n) is 10.3. The molecule has 0 saturated heterocycles. The molecule has 0 aliphatic rings. The summed E-state index contributed by atoms with van der Waals surface area (Å²) in [4.78, 5) is 9.32. The summed E-state index contributed by atoms with van der Waals surface area (Å²) in [5.41, 5.74) is 7.95. The fraction of sp³-hybridized carbons (Fsp3) is 0. The van der Waals surface area contributed by atoms with Gasteiger partial charge in [-0.15, -0.1) is 0 Å². The summed E-state index contributed by atoms with van der Waals surface area (Å²) < 4.78 is 4.74. The molecule has 4 aromatic carbocycles. The lowest BCUT2D eigenvalue weighted by Crippen LogP contribution is -1.98. The molecule has 0 aliphatic carbocycles. The zero-order valence-electron chi connectivity index (χ0n) is 21.5. The maximum atomic E-state index is 5.14. The van der Waals surface area contributed by atoms with E-state index >= 15 is 0 Å². The smallest absolute Gasteiger partial charge is 0.138 e. The number of hydrogen-bond acceptors (Lipinski definition) is 2. The van der Waals surface area contributed by atoms with Crippen LogP contribution in [0, 0.1) is 0 Å². The number of fused-ring (bicyclic) bond motifs is 12. The summed E-state index contributed by atoms with van der Waals surface area (Å²) in [6.07, 6.45) is 3.63. The maximum absolute atomic E-state index is 5.14. The Hall–Kier alpha value is -5.48. The Kier molecular flexibility index (Phi) is 4.30. The Morgan fingerprint density at radius 3 is 2.08 bits per heavy atom. The molecule has 5 heterocycles. The molecule has 0 spiro atoms. The Balaban J connectivity index is 1.49. The monoisotopic (exact) mass is 510 g/mol. The zero-order valence-corrected chi connectivity index (χ0v) is 21.5. The predicted octanol–water partition coefficient (Wildman–Crippen LogP) is 8.95. The van der Waals surface area contributed by atoms with Gasteiger partial charge in [-0.05, 0) is 60.0 Å². The van der Waals surface area contributed by atoms with Gasteiger partial charge in [-0.3, -0.25) is 9.55 Å². The normalized spacial score (nSPS) is 12.0. The number of hydrogen-bond donors (Lipinski definition) is 0. The lowest BCUT2D eigenvalue weighted by atomic mass is 10.00. The van der Waals surface area contributed by atoms with Crippen LogP contribution >= 0.6 is 0 Å². The zero-order chi connectivity index (χ0) is 26.2. The summed E-state index contributed by atoms with van der Waals surface area (Å²) >= 11 is 0. The Labute approximate surface area is 229 Å². The van der Waals surface area contributed by atoms with Gasteiger partial charge in [0.1, 0.15) is 5.82 Å². The van der Waals surface area contributed by atoms with Crippen molar-refractivity contribution in [3.8, 4) is 17.1 Å². The van der Waals surface area contributed by atoms with Gasteiger partial charge < -0.3 is 4.40 Å². The second kappa shape index (κ2) is 8.01. The quantitative estimate of drug-likeness (QED) is 0.218. The van der Waals surface area contributed by atoms with Crippen LogP contribution in [0.2, 0.25) is 0 Å². The van der Waals surface area contributed by atoms with E-state index < -0.39 is 0 Å². The summed E-state index contributed by atoms with van der Waals surface area (Å²) in [6, 6.07) is 43.3. The molecule has 9 rings (SSSR count). The first-order valence-corrected chi connectivity index (χ1v) is 13.5. The fourth-order valence-corrected chi connectivity index (χ4v) is 6.52. The largest absolute Gasteiger partial charge is 0.309 e. The molecule has 0 aliphatic heterocycles.